The van der Waals surface area contributed by atoms with Gasteiger partial charge in [0, 0.05) is 11.4 Å². The maximum atomic E-state index is 10.8. The third-order valence-corrected chi connectivity index (χ3v) is 17.2. The maximum absolute atomic E-state index is 10.8. The molecule has 8 rings (SSSR count). The van der Waals surface area contributed by atoms with Crippen LogP contribution in [0.25, 0.3) is 0 Å². The Kier molecular flexibility index (Phi) is 6.75. The van der Waals surface area contributed by atoms with Crippen LogP contribution in [-0.4, -0.2) is 33.8 Å². The Balaban J connectivity index is 0.928. The second-order valence-corrected chi connectivity index (χ2v) is 18.3. The lowest BCUT2D eigenvalue weighted by Crippen LogP contribution is -2.54. The Morgan fingerprint density at radius 2 is 0.881 bits per heavy atom. The zero-order valence-corrected chi connectivity index (χ0v) is 27.3. The molecule has 0 aliphatic heterocycles. The molecule has 8 saturated carbocycles. The van der Waals surface area contributed by atoms with E-state index in [1.165, 1.54) is 101 Å². The fraction of sp³-hybridized carbons (Fsp3) is 0.947. The van der Waals surface area contributed by atoms with E-state index in [1.54, 1.807) is 0 Å². The van der Waals surface area contributed by atoms with E-state index in [2.05, 4.69) is 27.7 Å². The topological polar surface area (TPSA) is 65.2 Å². The first-order valence-electron chi connectivity index (χ1n) is 18.5. The van der Waals surface area contributed by atoms with Crippen LogP contribution in [0.4, 0.5) is 0 Å². The van der Waals surface area contributed by atoms with Gasteiger partial charge in [-0.05, 0) is 185 Å². The van der Waals surface area contributed by atoms with Crippen LogP contribution in [-0.2, 0) is 0 Å². The highest BCUT2D eigenvalue weighted by Gasteiger charge is 2.61. The van der Waals surface area contributed by atoms with Crippen molar-refractivity contribution >= 4 is 11.4 Å². The van der Waals surface area contributed by atoms with E-state index in [4.69, 9.17) is 10.2 Å². The number of nitrogens with zero attached hydrogens (tertiary/aromatic N) is 2. The molecular formula is C38H60N2O2. The highest BCUT2D eigenvalue weighted by Crippen LogP contribution is 2.67. The van der Waals surface area contributed by atoms with Crippen LogP contribution < -0.4 is 0 Å². The molecule has 0 unspecified atom stereocenters. The molecule has 0 aromatic carbocycles. The predicted molar refractivity (Wildman–Crippen MR) is 170 cm³/mol. The fourth-order valence-electron chi connectivity index (χ4n) is 14.4. The molecule has 0 spiro atoms. The fourth-order valence-corrected chi connectivity index (χ4v) is 14.4. The van der Waals surface area contributed by atoms with Crippen molar-refractivity contribution in [2.45, 2.75) is 155 Å². The second-order valence-electron chi connectivity index (χ2n) is 18.3. The van der Waals surface area contributed by atoms with Crippen molar-refractivity contribution in [1.29, 1.82) is 0 Å². The SMILES string of the molecule is C[C@]12CC/C(=N\N=C3\CC[C@@]4(C)[C@H](CC[C@H]5[C@@H]4CC[C@]4(C)[C@@H](O)CC[C@@H]54)C3)C[C@H]1CC[C@H]1[C@H]2CC[C@]2(C)[C@H](O)CC[C@H]12. The van der Waals surface area contributed by atoms with Gasteiger partial charge in [-0.25, -0.2) is 0 Å². The van der Waals surface area contributed by atoms with Crippen LogP contribution in [0.5, 0.6) is 0 Å². The number of rotatable bonds is 1. The first kappa shape index (κ1) is 28.7. The van der Waals surface area contributed by atoms with Crippen LogP contribution in [0.1, 0.15) is 143 Å². The maximum Gasteiger partial charge on any atom is 0.0596 e. The lowest BCUT2D eigenvalue weighted by Gasteiger charge is -2.60. The first-order chi connectivity index (χ1) is 20.1. The van der Waals surface area contributed by atoms with E-state index in [1.807, 2.05) is 0 Å². The quantitative estimate of drug-likeness (QED) is 0.307. The summed E-state index contributed by atoms with van der Waals surface area (Å²) in [4.78, 5) is 0. The number of aliphatic hydroxyl groups excluding tert-OH is 2. The predicted octanol–water partition coefficient (Wildman–Crippen LogP) is 8.59. The lowest BCUT2D eigenvalue weighted by atomic mass is 9.45. The Hall–Kier alpha value is -0.740. The minimum atomic E-state index is -0.0642. The molecule has 0 heterocycles. The van der Waals surface area contributed by atoms with Gasteiger partial charge in [-0.15, -0.1) is 0 Å². The van der Waals surface area contributed by atoms with Gasteiger partial charge in [0.25, 0.3) is 0 Å². The van der Waals surface area contributed by atoms with E-state index < -0.39 is 0 Å². The molecule has 4 nitrogen and oxygen atoms in total. The van der Waals surface area contributed by atoms with Gasteiger partial charge in [0.15, 0.2) is 0 Å². The normalized spacial score (nSPS) is 58.9. The first-order valence-corrected chi connectivity index (χ1v) is 18.5. The van der Waals surface area contributed by atoms with Gasteiger partial charge in [-0.2, -0.15) is 10.2 Å². The Morgan fingerprint density at radius 1 is 0.476 bits per heavy atom. The minimum absolute atomic E-state index is 0.0642. The monoisotopic (exact) mass is 576 g/mol. The van der Waals surface area contributed by atoms with Gasteiger partial charge in [0.1, 0.15) is 0 Å². The highest BCUT2D eigenvalue weighted by molar-refractivity contribution is 5.89. The summed E-state index contributed by atoms with van der Waals surface area (Å²) in [5, 5.41) is 31.7. The summed E-state index contributed by atoms with van der Waals surface area (Å²) < 4.78 is 0. The van der Waals surface area contributed by atoms with Gasteiger partial charge in [0.05, 0.1) is 12.2 Å². The standard InChI is InChI=1S/C38H60N2O2/c1-35-17-13-25(21-23(35)5-7-27-29-9-11-33(41)37(29,3)19-15-31(27)35)39-40-26-14-18-36(2)24(22-26)6-8-28-30-10-12-34(42)38(30,4)20-16-32(28)36/h23-24,27-34,41-42H,5-22H2,1-4H3/b39-25-,40-26+/t23-,24-,27-,28-,29+,30-,31+,32-,33+,34-,35+,36+,37+,38+/m1/s1. The Bertz CT molecular complexity index is 1060. The summed E-state index contributed by atoms with van der Waals surface area (Å²) in [5.74, 6) is 6.43. The smallest absolute Gasteiger partial charge is 0.0596 e. The summed E-state index contributed by atoms with van der Waals surface area (Å²) >= 11 is 0. The van der Waals surface area contributed by atoms with Gasteiger partial charge in [-0.1, -0.05) is 27.7 Å². The van der Waals surface area contributed by atoms with Gasteiger partial charge >= 0.3 is 0 Å². The zero-order valence-electron chi connectivity index (χ0n) is 27.3. The van der Waals surface area contributed by atoms with Crippen LogP contribution in [0.3, 0.4) is 0 Å². The van der Waals surface area contributed by atoms with Crippen molar-refractivity contribution < 1.29 is 10.2 Å². The number of hydrogen-bond acceptors (Lipinski definition) is 4. The van der Waals surface area contributed by atoms with E-state index in [9.17, 15) is 10.2 Å². The summed E-state index contributed by atoms with van der Waals surface area (Å²) in [6, 6.07) is 0. The van der Waals surface area contributed by atoms with Crippen LogP contribution in [0.2, 0.25) is 0 Å². The second kappa shape index (κ2) is 9.88. The summed E-state index contributed by atoms with van der Waals surface area (Å²) in [6.07, 6.45) is 22.3. The van der Waals surface area contributed by atoms with Gasteiger partial charge in [0.2, 0.25) is 0 Å². The third kappa shape index (κ3) is 3.97. The minimum Gasteiger partial charge on any atom is -0.393 e. The molecule has 0 saturated heterocycles. The molecule has 8 fully saturated rings. The van der Waals surface area contributed by atoms with Crippen molar-refractivity contribution in [2.75, 3.05) is 0 Å². The molecule has 0 amide bonds. The summed E-state index contributed by atoms with van der Waals surface area (Å²) in [6.45, 7) is 10.1. The molecule has 8 aliphatic rings. The number of fused-ring (bicyclic) bond motifs is 10. The van der Waals surface area contributed by atoms with Crippen LogP contribution in [0, 0.1) is 69.0 Å². The van der Waals surface area contributed by atoms with Gasteiger partial charge in [-0.3, -0.25) is 0 Å². The molecule has 2 N–H and O–H groups in total. The largest absolute Gasteiger partial charge is 0.393 e. The van der Waals surface area contributed by atoms with Crippen molar-refractivity contribution in [3.63, 3.8) is 0 Å². The zero-order chi connectivity index (χ0) is 29.1. The molecular weight excluding hydrogens is 516 g/mol. The number of hydrogen-bond donors (Lipinski definition) is 2. The molecule has 234 valence electrons. The Labute approximate surface area is 256 Å². The van der Waals surface area contributed by atoms with E-state index in [0.717, 1.165) is 73.0 Å². The molecule has 4 heteroatoms. The summed E-state index contributed by atoms with van der Waals surface area (Å²) in [5.41, 5.74) is 4.08. The molecule has 0 bridgehead atoms. The molecule has 0 radical (unpaired) electrons. The molecule has 8 aliphatic carbocycles. The van der Waals surface area contributed by atoms with E-state index in [-0.39, 0.29) is 23.0 Å². The van der Waals surface area contributed by atoms with E-state index >= 15 is 0 Å². The molecule has 0 aromatic heterocycles. The van der Waals surface area contributed by atoms with Crippen LogP contribution >= 0.6 is 0 Å². The van der Waals surface area contributed by atoms with Crippen molar-refractivity contribution in [2.24, 2.45) is 79.2 Å². The van der Waals surface area contributed by atoms with Crippen molar-refractivity contribution in [1.82, 2.24) is 0 Å². The third-order valence-electron chi connectivity index (χ3n) is 17.2. The van der Waals surface area contributed by atoms with Crippen molar-refractivity contribution in [3.8, 4) is 0 Å². The van der Waals surface area contributed by atoms with Gasteiger partial charge < -0.3 is 10.2 Å². The molecule has 42 heavy (non-hydrogen) atoms. The summed E-state index contributed by atoms with van der Waals surface area (Å²) in [7, 11) is 0. The van der Waals surface area contributed by atoms with Crippen LogP contribution in [0.15, 0.2) is 10.2 Å². The average Bonchev–Trinajstić information content (AvgIpc) is 3.46. The number of aliphatic hydroxyl groups is 2. The lowest BCUT2D eigenvalue weighted by molar-refractivity contribution is -0.112. The molecule has 14 atom stereocenters. The highest BCUT2D eigenvalue weighted by atomic mass is 16.3. The molecule has 0 aromatic rings. The van der Waals surface area contributed by atoms with E-state index in [0.29, 0.717) is 10.8 Å². The average molecular weight is 577 g/mol. The Morgan fingerprint density at radius 3 is 1.31 bits per heavy atom. The van der Waals surface area contributed by atoms with Crippen molar-refractivity contribution in [3.05, 3.63) is 0 Å².